The lowest BCUT2D eigenvalue weighted by molar-refractivity contribution is 0.870. The minimum Gasteiger partial charge on any atom is -0.396 e. The highest BCUT2D eigenvalue weighted by atomic mass is 32.1. The van der Waals surface area contributed by atoms with Gasteiger partial charge in [0.2, 0.25) is 0 Å². The summed E-state index contributed by atoms with van der Waals surface area (Å²) in [4.78, 5) is 7.88. The molecule has 0 aliphatic carbocycles. The van der Waals surface area contributed by atoms with Gasteiger partial charge in [-0.15, -0.1) is 11.3 Å². The molecule has 0 saturated heterocycles. The smallest absolute Gasteiger partial charge is 0.151 e. The van der Waals surface area contributed by atoms with Crippen molar-refractivity contribution in [3.8, 4) is 0 Å². The maximum absolute atomic E-state index is 5.97. The zero-order chi connectivity index (χ0) is 12.3. The first-order valence-electron chi connectivity index (χ1n) is 5.62. The van der Waals surface area contributed by atoms with Crippen LogP contribution in [0.2, 0.25) is 0 Å². The molecule has 4 heteroatoms. The largest absolute Gasteiger partial charge is 0.396 e. The van der Waals surface area contributed by atoms with E-state index in [1.54, 1.807) is 11.3 Å². The van der Waals surface area contributed by atoms with E-state index < -0.39 is 0 Å². The van der Waals surface area contributed by atoms with Gasteiger partial charge in [0.05, 0.1) is 5.69 Å². The van der Waals surface area contributed by atoms with Crippen LogP contribution in [0.1, 0.15) is 10.4 Å². The molecule has 0 radical (unpaired) electrons. The molecule has 0 amide bonds. The number of likely N-dealkylation sites (N-methyl/N-ethyl adjacent to an activating group) is 1. The highest BCUT2D eigenvalue weighted by Gasteiger charge is 2.07. The molecule has 0 spiro atoms. The number of hydrogen-bond acceptors (Lipinski definition) is 4. The van der Waals surface area contributed by atoms with Crippen molar-refractivity contribution in [3.05, 3.63) is 40.2 Å². The van der Waals surface area contributed by atoms with Crippen molar-refractivity contribution in [1.82, 2.24) is 4.98 Å². The van der Waals surface area contributed by atoms with E-state index in [2.05, 4.69) is 27.4 Å². The summed E-state index contributed by atoms with van der Waals surface area (Å²) in [5.41, 5.74) is 7.81. The average molecular weight is 247 g/mol. The van der Waals surface area contributed by atoms with Crippen molar-refractivity contribution in [2.45, 2.75) is 13.3 Å². The molecule has 0 saturated carbocycles. The van der Waals surface area contributed by atoms with E-state index in [9.17, 15) is 0 Å². The van der Waals surface area contributed by atoms with Crippen LogP contribution in [-0.4, -0.2) is 18.6 Å². The number of nitrogen functional groups attached to an aromatic ring is 1. The summed E-state index contributed by atoms with van der Waals surface area (Å²) in [6.07, 6.45) is 2.89. The number of pyridine rings is 1. The molecule has 2 rings (SSSR count). The zero-order valence-electron chi connectivity index (χ0n) is 10.2. The maximum atomic E-state index is 5.97. The van der Waals surface area contributed by atoms with Crippen LogP contribution in [0.15, 0.2) is 29.8 Å². The fourth-order valence-corrected chi connectivity index (χ4v) is 2.44. The molecule has 0 fully saturated rings. The highest BCUT2D eigenvalue weighted by molar-refractivity contribution is 7.09. The Bertz CT molecular complexity index is 479. The van der Waals surface area contributed by atoms with Crippen LogP contribution in [-0.2, 0) is 6.42 Å². The standard InChI is InChI=1S/C13H17N3S/c1-10-8-12(14)13(15-9-10)16(2)6-5-11-4-3-7-17-11/h3-4,7-9H,5-6,14H2,1-2H3. The van der Waals surface area contributed by atoms with Crippen molar-refractivity contribution in [1.29, 1.82) is 0 Å². The Morgan fingerprint density at radius 2 is 2.29 bits per heavy atom. The molecule has 2 aromatic heterocycles. The lowest BCUT2D eigenvalue weighted by Gasteiger charge is -2.19. The van der Waals surface area contributed by atoms with Gasteiger partial charge in [0.15, 0.2) is 5.82 Å². The van der Waals surface area contributed by atoms with Gasteiger partial charge in [-0.2, -0.15) is 0 Å². The first-order chi connectivity index (χ1) is 8.16. The summed E-state index contributed by atoms with van der Waals surface area (Å²) >= 11 is 1.79. The molecule has 2 heterocycles. The van der Waals surface area contributed by atoms with Crippen LogP contribution in [0.3, 0.4) is 0 Å². The lowest BCUT2D eigenvalue weighted by atomic mass is 10.2. The molecule has 2 N–H and O–H groups in total. The van der Waals surface area contributed by atoms with Gasteiger partial charge in [-0.25, -0.2) is 4.98 Å². The fourth-order valence-electron chi connectivity index (χ4n) is 1.74. The third kappa shape index (κ3) is 2.97. The number of rotatable bonds is 4. The average Bonchev–Trinajstić information content (AvgIpc) is 2.78. The van der Waals surface area contributed by atoms with Crippen LogP contribution in [0, 0.1) is 6.92 Å². The molecule has 3 nitrogen and oxygen atoms in total. The molecule has 0 aliphatic rings. The van der Waals surface area contributed by atoms with Crippen molar-refractivity contribution >= 4 is 22.8 Å². The van der Waals surface area contributed by atoms with E-state index in [4.69, 9.17) is 5.73 Å². The Balaban J connectivity index is 2.01. The topological polar surface area (TPSA) is 42.2 Å². The summed E-state index contributed by atoms with van der Waals surface area (Å²) in [7, 11) is 2.03. The van der Waals surface area contributed by atoms with Gasteiger partial charge in [-0.1, -0.05) is 6.07 Å². The van der Waals surface area contributed by atoms with Gasteiger partial charge in [0.1, 0.15) is 0 Å². The Morgan fingerprint density at radius 3 is 2.94 bits per heavy atom. The van der Waals surface area contributed by atoms with Gasteiger partial charge < -0.3 is 10.6 Å². The van der Waals surface area contributed by atoms with Crippen molar-refractivity contribution in [3.63, 3.8) is 0 Å². The number of nitrogens with zero attached hydrogens (tertiary/aromatic N) is 2. The number of aromatic nitrogens is 1. The molecule has 0 aromatic carbocycles. The number of hydrogen-bond donors (Lipinski definition) is 1. The first-order valence-corrected chi connectivity index (χ1v) is 6.50. The minimum absolute atomic E-state index is 0.749. The molecular weight excluding hydrogens is 230 g/mol. The first kappa shape index (κ1) is 11.9. The van der Waals surface area contributed by atoms with Crippen molar-refractivity contribution < 1.29 is 0 Å². The normalized spacial score (nSPS) is 10.5. The van der Waals surface area contributed by atoms with Crippen LogP contribution < -0.4 is 10.6 Å². The van der Waals surface area contributed by atoms with E-state index >= 15 is 0 Å². The van der Waals surface area contributed by atoms with Crippen molar-refractivity contribution in [2.24, 2.45) is 0 Å². The monoisotopic (exact) mass is 247 g/mol. The second kappa shape index (κ2) is 5.19. The third-order valence-electron chi connectivity index (χ3n) is 2.67. The van der Waals surface area contributed by atoms with Gasteiger partial charge >= 0.3 is 0 Å². The fraction of sp³-hybridized carbons (Fsp3) is 0.308. The zero-order valence-corrected chi connectivity index (χ0v) is 11.0. The van der Waals surface area contributed by atoms with Crippen LogP contribution in [0.4, 0.5) is 11.5 Å². The van der Waals surface area contributed by atoms with Gasteiger partial charge in [0, 0.05) is 24.7 Å². The van der Waals surface area contributed by atoms with E-state index in [1.165, 1.54) is 4.88 Å². The van der Waals surface area contributed by atoms with E-state index in [0.29, 0.717) is 0 Å². The second-order valence-corrected chi connectivity index (χ2v) is 5.21. The number of nitrogens with two attached hydrogens (primary N) is 1. The Labute approximate surface area is 106 Å². The molecular formula is C13H17N3S. The summed E-state index contributed by atoms with van der Waals surface area (Å²) in [6, 6.07) is 6.20. The summed E-state index contributed by atoms with van der Waals surface area (Å²) in [6.45, 7) is 2.93. The minimum atomic E-state index is 0.749. The third-order valence-corrected chi connectivity index (χ3v) is 3.60. The number of aryl methyl sites for hydroxylation is 1. The summed E-state index contributed by atoms with van der Waals surface area (Å²) in [5, 5.41) is 2.10. The molecule has 0 bridgehead atoms. The SMILES string of the molecule is Cc1cnc(N(C)CCc2cccs2)c(N)c1. The Hall–Kier alpha value is -1.55. The quantitative estimate of drug-likeness (QED) is 0.903. The maximum Gasteiger partial charge on any atom is 0.151 e. The predicted octanol–water partition coefficient (Wildman–Crippen LogP) is 2.71. The summed E-state index contributed by atoms with van der Waals surface area (Å²) < 4.78 is 0. The second-order valence-electron chi connectivity index (χ2n) is 4.18. The predicted molar refractivity (Wildman–Crippen MR) is 74.7 cm³/mol. The molecule has 90 valence electrons. The number of anilines is 2. The Morgan fingerprint density at radius 1 is 1.47 bits per heavy atom. The van der Waals surface area contributed by atoms with Gasteiger partial charge in [0.25, 0.3) is 0 Å². The lowest BCUT2D eigenvalue weighted by Crippen LogP contribution is -2.22. The molecule has 17 heavy (non-hydrogen) atoms. The molecule has 2 aromatic rings. The molecule has 0 atom stereocenters. The molecule has 0 unspecified atom stereocenters. The van der Waals surface area contributed by atoms with Crippen molar-refractivity contribution in [2.75, 3.05) is 24.2 Å². The molecule has 0 aliphatic heterocycles. The van der Waals surface area contributed by atoms with E-state index in [0.717, 1.165) is 30.0 Å². The Kier molecular flexibility index (Phi) is 3.64. The highest BCUT2D eigenvalue weighted by Crippen LogP contribution is 2.20. The summed E-state index contributed by atoms with van der Waals surface area (Å²) in [5.74, 6) is 0.868. The van der Waals surface area contributed by atoms with Crippen LogP contribution in [0.5, 0.6) is 0 Å². The number of thiophene rings is 1. The van der Waals surface area contributed by atoms with Crippen LogP contribution in [0.25, 0.3) is 0 Å². The van der Waals surface area contributed by atoms with Gasteiger partial charge in [-0.3, -0.25) is 0 Å². The van der Waals surface area contributed by atoms with E-state index in [-0.39, 0.29) is 0 Å². The van der Waals surface area contributed by atoms with Gasteiger partial charge in [-0.05, 0) is 36.4 Å². The van der Waals surface area contributed by atoms with Crippen LogP contribution >= 0.6 is 11.3 Å². The van der Waals surface area contributed by atoms with E-state index in [1.807, 2.05) is 26.2 Å².